The number of hydrogen-bond donors (Lipinski definition) is 2. The van der Waals surface area contributed by atoms with E-state index in [2.05, 4.69) is 101 Å². The van der Waals surface area contributed by atoms with Crippen molar-refractivity contribution in [2.24, 2.45) is 5.92 Å². The average Bonchev–Trinajstić information content (AvgIpc) is 2.93. The maximum Gasteiger partial charge on any atom is 0.226 e. The van der Waals surface area contributed by atoms with Crippen LogP contribution in [0.3, 0.4) is 0 Å². The summed E-state index contributed by atoms with van der Waals surface area (Å²) in [6.45, 7) is 12.5. The van der Waals surface area contributed by atoms with Gasteiger partial charge in [0.05, 0.1) is 0 Å². The molecule has 4 nitrogen and oxygen atoms in total. The van der Waals surface area contributed by atoms with E-state index >= 15 is 0 Å². The summed E-state index contributed by atoms with van der Waals surface area (Å²) in [5, 5.41) is 6.67. The standard InChI is InChI=1S/C33H41N3O/c1-25(2)33(37)35-31-17-10-16-30(24-31)27-18-22-36(23-19-27)21-11-20-34-26(3)32(28-12-6-4-7-13-28)29-14-8-5-9-15-29/h4-10,12-17,24-25,27,32,34H,3,11,18-23H2,1-2H3,(H,35,37). The third-order valence-electron chi connectivity index (χ3n) is 7.35. The lowest BCUT2D eigenvalue weighted by molar-refractivity contribution is -0.118. The molecule has 2 N–H and O–H groups in total. The van der Waals surface area contributed by atoms with Gasteiger partial charge in [-0.2, -0.15) is 0 Å². The van der Waals surface area contributed by atoms with Gasteiger partial charge in [-0.25, -0.2) is 0 Å². The predicted octanol–water partition coefficient (Wildman–Crippen LogP) is 6.79. The van der Waals surface area contributed by atoms with Crippen molar-refractivity contribution in [3.8, 4) is 0 Å². The van der Waals surface area contributed by atoms with Gasteiger partial charge in [0.15, 0.2) is 0 Å². The van der Waals surface area contributed by atoms with Crippen LogP contribution in [0.2, 0.25) is 0 Å². The fourth-order valence-electron chi connectivity index (χ4n) is 5.19. The Labute approximate surface area is 222 Å². The van der Waals surface area contributed by atoms with Crippen LogP contribution in [-0.4, -0.2) is 37.0 Å². The Kier molecular flexibility index (Phi) is 9.56. The molecule has 0 aromatic heterocycles. The third-order valence-corrected chi connectivity index (χ3v) is 7.35. The summed E-state index contributed by atoms with van der Waals surface area (Å²) in [7, 11) is 0. The fourth-order valence-corrected chi connectivity index (χ4v) is 5.19. The molecule has 0 spiro atoms. The number of carbonyl (C=O) groups is 1. The zero-order valence-corrected chi connectivity index (χ0v) is 22.3. The minimum atomic E-state index is -0.0129. The van der Waals surface area contributed by atoms with Crippen molar-refractivity contribution in [1.29, 1.82) is 0 Å². The molecule has 0 atom stereocenters. The van der Waals surface area contributed by atoms with Gasteiger partial charge < -0.3 is 15.5 Å². The van der Waals surface area contributed by atoms with Crippen molar-refractivity contribution in [3.63, 3.8) is 0 Å². The highest BCUT2D eigenvalue weighted by atomic mass is 16.1. The van der Waals surface area contributed by atoms with Crippen LogP contribution >= 0.6 is 0 Å². The summed E-state index contributed by atoms with van der Waals surface area (Å²) in [4.78, 5) is 14.6. The highest BCUT2D eigenvalue weighted by Gasteiger charge is 2.21. The topological polar surface area (TPSA) is 44.4 Å². The third kappa shape index (κ3) is 7.56. The van der Waals surface area contributed by atoms with Crippen LogP contribution in [0.4, 0.5) is 5.69 Å². The smallest absolute Gasteiger partial charge is 0.226 e. The molecule has 4 rings (SSSR count). The molecule has 0 bridgehead atoms. The summed E-state index contributed by atoms with van der Waals surface area (Å²) in [5.41, 5.74) is 5.84. The van der Waals surface area contributed by atoms with Gasteiger partial charge in [0, 0.05) is 29.8 Å². The molecular weight excluding hydrogens is 454 g/mol. The Morgan fingerprint density at radius 3 is 2.14 bits per heavy atom. The number of allylic oxidation sites excluding steroid dienone is 1. The van der Waals surface area contributed by atoms with Crippen LogP contribution < -0.4 is 10.6 Å². The van der Waals surface area contributed by atoms with E-state index in [-0.39, 0.29) is 17.7 Å². The molecule has 1 saturated heterocycles. The number of amides is 1. The Hall–Kier alpha value is -3.37. The minimum Gasteiger partial charge on any atom is -0.388 e. The van der Waals surface area contributed by atoms with E-state index in [4.69, 9.17) is 0 Å². The SMILES string of the molecule is C=C(NCCCN1CCC(c2cccc(NC(=O)C(C)C)c2)CC1)C(c1ccccc1)c1ccccc1. The summed E-state index contributed by atoms with van der Waals surface area (Å²) in [5.74, 6) is 0.769. The summed E-state index contributed by atoms with van der Waals surface area (Å²) in [6, 6.07) is 29.7. The zero-order chi connectivity index (χ0) is 26.0. The first-order chi connectivity index (χ1) is 18.0. The van der Waals surface area contributed by atoms with E-state index in [0.29, 0.717) is 5.92 Å². The van der Waals surface area contributed by atoms with Crippen molar-refractivity contribution in [2.75, 3.05) is 31.5 Å². The lowest BCUT2D eigenvalue weighted by Crippen LogP contribution is -2.35. The lowest BCUT2D eigenvalue weighted by atomic mass is 9.88. The van der Waals surface area contributed by atoms with Crippen molar-refractivity contribution in [1.82, 2.24) is 10.2 Å². The summed E-state index contributed by atoms with van der Waals surface area (Å²) in [6.07, 6.45) is 3.41. The molecule has 0 saturated carbocycles. The Bertz CT molecular complexity index is 1090. The monoisotopic (exact) mass is 495 g/mol. The van der Waals surface area contributed by atoms with E-state index in [0.717, 1.165) is 56.8 Å². The maximum absolute atomic E-state index is 12.1. The zero-order valence-electron chi connectivity index (χ0n) is 22.3. The summed E-state index contributed by atoms with van der Waals surface area (Å²) >= 11 is 0. The molecule has 4 heteroatoms. The number of carbonyl (C=O) groups excluding carboxylic acids is 1. The van der Waals surface area contributed by atoms with Gasteiger partial charge in [0.1, 0.15) is 0 Å². The number of benzene rings is 3. The molecule has 37 heavy (non-hydrogen) atoms. The van der Waals surface area contributed by atoms with E-state index in [9.17, 15) is 4.79 Å². The van der Waals surface area contributed by atoms with Gasteiger partial charge >= 0.3 is 0 Å². The van der Waals surface area contributed by atoms with Crippen molar-refractivity contribution >= 4 is 11.6 Å². The number of anilines is 1. The highest BCUT2D eigenvalue weighted by Crippen LogP contribution is 2.31. The van der Waals surface area contributed by atoms with Crippen LogP contribution in [0.15, 0.2) is 97.2 Å². The number of hydrogen-bond acceptors (Lipinski definition) is 3. The maximum atomic E-state index is 12.1. The van der Waals surface area contributed by atoms with Crippen LogP contribution in [0.25, 0.3) is 0 Å². The first kappa shape index (κ1) is 26.7. The molecule has 1 amide bonds. The van der Waals surface area contributed by atoms with Gasteiger partial charge in [0.2, 0.25) is 5.91 Å². The normalized spacial score (nSPS) is 14.6. The molecule has 3 aromatic rings. The average molecular weight is 496 g/mol. The van der Waals surface area contributed by atoms with E-state index in [1.165, 1.54) is 16.7 Å². The molecule has 194 valence electrons. The second-order valence-electron chi connectivity index (χ2n) is 10.4. The second kappa shape index (κ2) is 13.3. The van der Waals surface area contributed by atoms with Crippen molar-refractivity contribution in [3.05, 3.63) is 114 Å². The minimum absolute atomic E-state index is 0.0129. The highest BCUT2D eigenvalue weighted by molar-refractivity contribution is 5.92. The van der Waals surface area contributed by atoms with Gasteiger partial charge in [-0.1, -0.05) is 93.2 Å². The largest absolute Gasteiger partial charge is 0.388 e. The van der Waals surface area contributed by atoms with Gasteiger partial charge in [-0.15, -0.1) is 0 Å². The molecule has 1 heterocycles. The molecule has 0 unspecified atom stereocenters. The molecule has 1 aliphatic rings. The number of piperidine rings is 1. The van der Waals surface area contributed by atoms with E-state index in [1.807, 2.05) is 19.9 Å². The van der Waals surface area contributed by atoms with Gasteiger partial charge in [-0.05, 0) is 73.6 Å². The first-order valence-electron chi connectivity index (χ1n) is 13.7. The van der Waals surface area contributed by atoms with Crippen molar-refractivity contribution < 1.29 is 4.79 Å². The number of rotatable bonds is 11. The van der Waals surface area contributed by atoms with E-state index in [1.54, 1.807) is 0 Å². The first-order valence-corrected chi connectivity index (χ1v) is 13.7. The number of nitrogens with zero attached hydrogens (tertiary/aromatic N) is 1. The fraction of sp³-hybridized carbons (Fsp3) is 0.364. The molecule has 0 radical (unpaired) electrons. The van der Waals surface area contributed by atoms with E-state index < -0.39 is 0 Å². The molecule has 1 aliphatic heterocycles. The molecule has 3 aromatic carbocycles. The van der Waals surface area contributed by atoms with Crippen LogP contribution in [0.1, 0.15) is 61.6 Å². The van der Waals surface area contributed by atoms with Gasteiger partial charge in [-0.3, -0.25) is 4.79 Å². The summed E-state index contributed by atoms with van der Waals surface area (Å²) < 4.78 is 0. The van der Waals surface area contributed by atoms with Crippen molar-refractivity contribution in [2.45, 2.75) is 44.9 Å². The number of likely N-dealkylation sites (tertiary alicyclic amines) is 1. The van der Waals surface area contributed by atoms with Gasteiger partial charge in [0.25, 0.3) is 0 Å². The molecule has 1 fully saturated rings. The second-order valence-corrected chi connectivity index (χ2v) is 10.4. The predicted molar refractivity (Wildman–Crippen MR) is 155 cm³/mol. The lowest BCUT2D eigenvalue weighted by Gasteiger charge is -2.32. The van der Waals surface area contributed by atoms with Crippen LogP contribution in [-0.2, 0) is 4.79 Å². The Morgan fingerprint density at radius 1 is 0.919 bits per heavy atom. The molecular formula is C33H41N3O. The Balaban J connectivity index is 1.23. The quantitative estimate of drug-likeness (QED) is 0.288. The molecule has 0 aliphatic carbocycles. The van der Waals surface area contributed by atoms with Crippen LogP contribution in [0.5, 0.6) is 0 Å². The van der Waals surface area contributed by atoms with Crippen LogP contribution in [0, 0.1) is 5.92 Å². The number of nitrogens with one attached hydrogen (secondary N) is 2. The Morgan fingerprint density at radius 2 is 1.54 bits per heavy atom.